The van der Waals surface area contributed by atoms with Gasteiger partial charge >= 0.3 is 0 Å². The van der Waals surface area contributed by atoms with E-state index in [4.69, 9.17) is 10.00 Å². The summed E-state index contributed by atoms with van der Waals surface area (Å²) >= 11 is 0. The number of ether oxygens (including phenoxy) is 1. The molecule has 1 saturated heterocycles. The van der Waals surface area contributed by atoms with Crippen LogP contribution in [0.25, 0.3) is 0 Å². The van der Waals surface area contributed by atoms with E-state index >= 15 is 0 Å². The van der Waals surface area contributed by atoms with Crippen LogP contribution in [0.4, 0.5) is 0 Å². The molecule has 0 radical (unpaired) electrons. The number of hydrogen-bond acceptors (Lipinski definition) is 3. The molecule has 1 fully saturated rings. The summed E-state index contributed by atoms with van der Waals surface area (Å²) in [5.74, 6) is -0.493. The van der Waals surface area contributed by atoms with Gasteiger partial charge in [0, 0.05) is 6.61 Å². The molecule has 2 unspecified atom stereocenters. The first-order valence-corrected chi connectivity index (χ1v) is 4.84. The number of rotatable bonds is 3. The zero-order chi connectivity index (χ0) is 9.68. The van der Waals surface area contributed by atoms with Gasteiger partial charge in [-0.3, -0.25) is 4.79 Å². The Hall–Kier alpha value is -0.880. The Kier molecular flexibility index (Phi) is 3.91. The number of hydrogen-bond donors (Lipinski definition) is 0. The molecule has 3 heteroatoms. The quantitative estimate of drug-likeness (QED) is 0.665. The maximum atomic E-state index is 11.6. The lowest BCUT2D eigenvalue weighted by Crippen LogP contribution is -2.32. The van der Waals surface area contributed by atoms with E-state index in [9.17, 15) is 4.79 Å². The normalized spacial score (nSPS) is 24.8. The van der Waals surface area contributed by atoms with Gasteiger partial charge in [-0.15, -0.1) is 0 Å². The molecule has 0 saturated carbocycles. The molecule has 1 aliphatic rings. The zero-order valence-electron chi connectivity index (χ0n) is 7.95. The maximum Gasteiger partial charge on any atom is 0.178 e. The second-order valence-electron chi connectivity index (χ2n) is 3.35. The number of ketones is 1. The third kappa shape index (κ3) is 2.53. The maximum absolute atomic E-state index is 11.6. The highest BCUT2D eigenvalue weighted by Gasteiger charge is 2.27. The number of Topliss-reactive ketones (excluding diaryl/α,β-unsaturated/α-hetero) is 1. The lowest BCUT2D eigenvalue weighted by atomic mass is 9.94. The van der Waals surface area contributed by atoms with Crippen molar-refractivity contribution in [3.8, 4) is 6.07 Å². The van der Waals surface area contributed by atoms with Gasteiger partial charge in [0.15, 0.2) is 5.78 Å². The third-order valence-corrected chi connectivity index (χ3v) is 2.40. The molecule has 1 heterocycles. The van der Waals surface area contributed by atoms with Crippen LogP contribution in [0.2, 0.25) is 0 Å². The largest absolute Gasteiger partial charge is 0.370 e. The van der Waals surface area contributed by atoms with E-state index in [1.165, 1.54) is 0 Å². The molecule has 13 heavy (non-hydrogen) atoms. The van der Waals surface area contributed by atoms with E-state index in [2.05, 4.69) is 0 Å². The smallest absolute Gasteiger partial charge is 0.178 e. The topological polar surface area (TPSA) is 50.1 Å². The van der Waals surface area contributed by atoms with Crippen LogP contribution in [-0.2, 0) is 9.53 Å². The number of carbonyl (C=O) groups excluding carboxylic acids is 1. The molecule has 0 aliphatic carbocycles. The van der Waals surface area contributed by atoms with Gasteiger partial charge in [-0.05, 0) is 25.7 Å². The summed E-state index contributed by atoms with van der Waals surface area (Å²) in [5, 5.41) is 8.70. The third-order valence-electron chi connectivity index (χ3n) is 2.40. The van der Waals surface area contributed by atoms with Crippen molar-refractivity contribution in [3.05, 3.63) is 0 Å². The predicted octanol–water partition coefficient (Wildman–Crippen LogP) is 1.67. The standard InChI is InChI=1S/C10H15NO2/c1-2-8(7-11)10(12)9-5-3-4-6-13-9/h8-9H,2-6H2,1H3. The van der Waals surface area contributed by atoms with Crippen molar-refractivity contribution >= 4 is 5.78 Å². The van der Waals surface area contributed by atoms with Crippen LogP contribution in [0.1, 0.15) is 32.6 Å². The highest BCUT2D eigenvalue weighted by Crippen LogP contribution is 2.17. The lowest BCUT2D eigenvalue weighted by molar-refractivity contribution is -0.135. The van der Waals surface area contributed by atoms with E-state index in [1.807, 2.05) is 13.0 Å². The molecular weight excluding hydrogens is 166 g/mol. The van der Waals surface area contributed by atoms with Crippen molar-refractivity contribution in [2.24, 2.45) is 5.92 Å². The number of nitriles is 1. The van der Waals surface area contributed by atoms with Gasteiger partial charge in [0.05, 0.1) is 6.07 Å². The molecule has 0 aromatic carbocycles. The van der Waals surface area contributed by atoms with Crippen LogP contribution in [0.15, 0.2) is 0 Å². The van der Waals surface area contributed by atoms with Crippen molar-refractivity contribution in [3.63, 3.8) is 0 Å². The van der Waals surface area contributed by atoms with Gasteiger partial charge in [-0.2, -0.15) is 5.26 Å². The molecule has 0 amide bonds. The Bertz CT molecular complexity index is 213. The van der Waals surface area contributed by atoms with Crippen molar-refractivity contribution in [2.75, 3.05) is 6.61 Å². The average Bonchev–Trinajstić information content (AvgIpc) is 2.21. The van der Waals surface area contributed by atoms with Crippen LogP contribution in [0.5, 0.6) is 0 Å². The van der Waals surface area contributed by atoms with Crippen LogP contribution in [0.3, 0.4) is 0 Å². The first-order valence-electron chi connectivity index (χ1n) is 4.84. The summed E-state index contributed by atoms with van der Waals surface area (Å²) in [6.45, 7) is 2.52. The average molecular weight is 181 g/mol. The zero-order valence-corrected chi connectivity index (χ0v) is 7.95. The second kappa shape index (κ2) is 4.98. The molecule has 0 aromatic heterocycles. The summed E-state index contributed by atoms with van der Waals surface area (Å²) in [6.07, 6.45) is 3.15. The van der Waals surface area contributed by atoms with Crippen LogP contribution >= 0.6 is 0 Å². The Morgan fingerprint density at radius 2 is 2.46 bits per heavy atom. The molecular formula is C10H15NO2. The highest BCUT2D eigenvalue weighted by atomic mass is 16.5. The SMILES string of the molecule is CCC(C#N)C(=O)C1CCCCO1. The summed E-state index contributed by atoms with van der Waals surface area (Å²) < 4.78 is 5.32. The first-order chi connectivity index (χ1) is 6.29. The molecule has 72 valence electrons. The number of carbonyl (C=O) groups is 1. The van der Waals surface area contributed by atoms with Crippen molar-refractivity contribution in [1.29, 1.82) is 5.26 Å². The monoisotopic (exact) mass is 181 g/mol. The fraction of sp³-hybridized carbons (Fsp3) is 0.800. The van der Waals surface area contributed by atoms with Gasteiger partial charge in [-0.1, -0.05) is 6.92 Å². The summed E-state index contributed by atoms with van der Waals surface area (Å²) in [5.41, 5.74) is 0. The van der Waals surface area contributed by atoms with E-state index in [0.29, 0.717) is 13.0 Å². The Balaban J connectivity index is 2.50. The Morgan fingerprint density at radius 3 is 2.92 bits per heavy atom. The lowest BCUT2D eigenvalue weighted by Gasteiger charge is -2.22. The molecule has 1 rings (SSSR count). The fourth-order valence-corrected chi connectivity index (χ4v) is 1.55. The van der Waals surface area contributed by atoms with Gasteiger partial charge < -0.3 is 4.74 Å². The molecule has 0 spiro atoms. The van der Waals surface area contributed by atoms with E-state index in [1.54, 1.807) is 0 Å². The molecule has 1 aliphatic heterocycles. The van der Waals surface area contributed by atoms with E-state index < -0.39 is 5.92 Å². The van der Waals surface area contributed by atoms with Crippen molar-refractivity contribution in [1.82, 2.24) is 0 Å². The first kappa shape index (κ1) is 10.2. The van der Waals surface area contributed by atoms with Gasteiger partial charge in [0.1, 0.15) is 12.0 Å². The second-order valence-corrected chi connectivity index (χ2v) is 3.35. The molecule has 0 N–H and O–H groups in total. The van der Waals surface area contributed by atoms with Gasteiger partial charge in [-0.25, -0.2) is 0 Å². The molecule has 0 aromatic rings. The minimum Gasteiger partial charge on any atom is -0.370 e. The van der Waals surface area contributed by atoms with Crippen LogP contribution in [-0.4, -0.2) is 18.5 Å². The summed E-state index contributed by atoms with van der Waals surface area (Å²) in [7, 11) is 0. The van der Waals surface area contributed by atoms with Crippen molar-refractivity contribution in [2.45, 2.75) is 38.7 Å². The fourth-order valence-electron chi connectivity index (χ4n) is 1.55. The van der Waals surface area contributed by atoms with Crippen LogP contribution in [0, 0.1) is 17.2 Å². The summed E-state index contributed by atoms with van der Waals surface area (Å²) in [6, 6.07) is 2.02. The minimum absolute atomic E-state index is 0.0234. The van der Waals surface area contributed by atoms with Gasteiger partial charge in [0.25, 0.3) is 0 Å². The highest BCUT2D eigenvalue weighted by molar-refractivity contribution is 5.87. The van der Waals surface area contributed by atoms with Crippen LogP contribution < -0.4 is 0 Å². The molecule has 2 atom stereocenters. The molecule has 0 bridgehead atoms. The van der Waals surface area contributed by atoms with Gasteiger partial charge in [0.2, 0.25) is 0 Å². The number of nitrogens with zero attached hydrogens (tertiary/aromatic N) is 1. The van der Waals surface area contributed by atoms with E-state index in [0.717, 1.165) is 19.3 Å². The van der Waals surface area contributed by atoms with E-state index in [-0.39, 0.29) is 11.9 Å². The summed E-state index contributed by atoms with van der Waals surface area (Å²) in [4.78, 5) is 11.6. The Morgan fingerprint density at radius 1 is 1.69 bits per heavy atom. The van der Waals surface area contributed by atoms with Crippen molar-refractivity contribution < 1.29 is 9.53 Å². The Labute approximate surface area is 78.7 Å². The predicted molar refractivity (Wildman–Crippen MR) is 48.0 cm³/mol. The minimum atomic E-state index is -0.469. The molecule has 3 nitrogen and oxygen atoms in total.